The minimum Gasteiger partial charge on any atom is -0.208 e. The van der Waals surface area contributed by atoms with Gasteiger partial charge >= 0.3 is 0 Å². The van der Waals surface area contributed by atoms with Gasteiger partial charge in [0.05, 0.1) is 0 Å². The van der Waals surface area contributed by atoms with Crippen LogP contribution in [0.25, 0.3) is 87.0 Å². The second kappa shape index (κ2) is 10.5. The summed E-state index contributed by atoms with van der Waals surface area (Å²) in [6.45, 7) is 0. The minimum atomic E-state index is 0.656. The highest BCUT2D eigenvalue weighted by atomic mass is 32.1. The lowest BCUT2D eigenvalue weighted by molar-refractivity contribution is 1.07. The van der Waals surface area contributed by atoms with Crippen molar-refractivity contribution in [2.24, 2.45) is 0 Å². The van der Waals surface area contributed by atoms with Gasteiger partial charge < -0.3 is 0 Å². The fraction of sp³-hybridized carbons (Fsp3) is 0. The number of hydrogen-bond acceptors (Lipinski definition) is 4. The van der Waals surface area contributed by atoms with E-state index in [2.05, 4.69) is 121 Å². The van der Waals surface area contributed by atoms with Gasteiger partial charge in [-0.1, -0.05) is 140 Å². The molecule has 0 fully saturated rings. The van der Waals surface area contributed by atoms with E-state index in [1.807, 2.05) is 41.7 Å². The number of benzene rings is 7. The van der Waals surface area contributed by atoms with Gasteiger partial charge in [0.1, 0.15) is 0 Å². The zero-order valence-electron chi connectivity index (χ0n) is 24.2. The molecular weight excluding hydrogens is 567 g/mol. The Hall–Kier alpha value is -5.71. The van der Waals surface area contributed by atoms with E-state index in [9.17, 15) is 0 Å². The van der Waals surface area contributed by atoms with Gasteiger partial charge in [-0.25, -0.2) is 15.0 Å². The first kappa shape index (κ1) is 25.8. The summed E-state index contributed by atoms with van der Waals surface area (Å²) in [6.07, 6.45) is 0. The van der Waals surface area contributed by atoms with Crippen LogP contribution in [0, 0.1) is 0 Å². The van der Waals surface area contributed by atoms with E-state index >= 15 is 0 Å². The van der Waals surface area contributed by atoms with Crippen molar-refractivity contribution < 1.29 is 0 Å². The smallest absolute Gasteiger partial charge is 0.164 e. The number of hydrogen-bond donors (Lipinski definition) is 0. The number of thiophene rings is 1. The lowest BCUT2D eigenvalue weighted by Crippen LogP contribution is -2.01. The Kier molecular flexibility index (Phi) is 6.00. The zero-order valence-corrected chi connectivity index (χ0v) is 25.0. The molecule has 9 rings (SSSR count). The van der Waals surface area contributed by atoms with E-state index in [4.69, 9.17) is 15.0 Å². The molecule has 2 aromatic heterocycles. The maximum absolute atomic E-state index is 5.15. The second-order valence-corrected chi connectivity index (χ2v) is 12.3. The van der Waals surface area contributed by atoms with Crippen LogP contribution in [0.3, 0.4) is 0 Å². The molecule has 210 valence electrons. The molecule has 0 radical (unpaired) electrons. The average Bonchev–Trinajstić information content (AvgIpc) is 3.51. The van der Waals surface area contributed by atoms with E-state index < -0.39 is 0 Å². The molecule has 45 heavy (non-hydrogen) atoms. The van der Waals surface area contributed by atoms with Gasteiger partial charge in [0.25, 0.3) is 0 Å². The molecule has 0 atom stereocenters. The third-order valence-electron chi connectivity index (χ3n) is 8.52. The van der Waals surface area contributed by atoms with E-state index in [0.29, 0.717) is 17.5 Å². The lowest BCUT2D eigenvalue weighted by atomic mass is 9.97. The van der Waals surface area contributed by atoms with Crippen molar-refractivity contribution in [3.8, 4) is 45.3 Å². The van der Waals surface area contributed by atoms with E-state index in [0.717, 1.165) is 27.8 Å². The molecule has 0 saturated heterocycles. The van der Waals surface area contributed by atoms with Gasteiger partial charge in [0.15, 0.2) is 17.5 Å². The summed E-state index contributed by atoms with van der Waals surface area (Å²) in [7, 11) is 0. The maximum Gasteiger partial charge on any atom is 0.164 e. The van der Waals surface area contributed by atoms with Crippen molar-refractivity contribution >= 4 is 53.1 Å². The highest BCUT2D eigenvalue weighted by Crippen LogP contribution is 2.42. The van der Waals surface area contributed by atoms with Crippen molar-refractivity contribution in [2.45, 2.75) is 0 Å². The summed E-state index contributed by atoms with van der Waals surface area (Å²) < 4.78 is 2.62. The quantitative estimate of drug-likeness (QED) is 0.191. The molecule has 0 unspecified atom stereocenters. The molecule has 2 heterocycles. The molecule has 0 N–H and O–H groups in total. The van der Waals surface area contributed by atoms with Crippen molar-refractivity contribution in [2.75, 3.05) is 0 Å². The Morgan fingerprint density at radius 1 is 0.378 bits per heavy atom. The van der Waals surface area contributed by atoms with Crippen molar-refractivity contribution in [1.82, 2.24) is 15.0 Å². The topological polar surface area (TPSA) is 38.7 Å². The molecule has 0 amide bonds. The Morgan fingerprint density at radius 3 is 1.80 bits per heavy atom. The summed E-state index contributed by atoms with van der Waals surface area (Å²) >= 11 is 1.87. The van der Waals surface area contributed by atoms with E-state index in [1.54, 1.807) is 0 Å². The van der Waals surface area contributed by atoms with Gasteiger partial charge in [-0.05, 0) is 39.4 Å². The third kappa shape index (κ3) is 4.38. The largest absolute Gasteiger partial charge is 0.208 e. The van der Waals surface area contributed by atoms with Gasteiger partial charge in [-0.3, -0.25) is 0 Å². The van der Waals surface area contributed by atoms with Crippen LogP contribution in [0.2, 0.25) is 0 Å². The number of fused-ring (bicyclic) bond motifs is 7. The highest BCUT2D eigenvalue weighted by molar-refractivity contribution is 7.26. The molecular formula is C41H25N3S. The number of aromatic nitrogens is 3. The zero-order chi connectivity index (χ0) is 29.7. The number of nitrogens with zero attached hydrogens (tertiary/aromatic N) is 3. The van der Waals surface area contributed by atoms with Crippen LogP contribution < -0.4 is 0 Å². The SMILES string of the molecule is c1ccc(-c2nc(-c3ccc4ccc5ccc6c7ccccc7sc6c5c4c3)nc(-c3ccccc3-c3ccccc3)n2)cc1. The monoisotopic (exact) mass is 591 g/mol. The van der Waals surface area contributed by atoms with Crippen LogP contribution in [0.1, 0.15) is 0 Å². The maximum atomic E-state index is 5.15. The lowest BCUT2D eigenvalue weighted by Gasteiger charge is -2.13. The molecule has 0 aliphatic heterocycles. The Balaban J connectivity index is 1.30. The Bertz CT molecular complexity index is 2540. The first-order valence-corrected chi connectivity index (χ1v) is 15.9. The van der Waals surface area contributed by atoms with E-state index in [1.165, 1.54) is 41.7 Å². The molecule has 9 aromatic rings. The molecule has 3 nitrogen and oxygen atoms in total. The summed E-state index contributed by atoms with van der Waals surface area (Å²) in [5.74, 6) is 1.97. The number of rotatable bonds is 4. The fourth-order valence-corrected chi connectivity index (χ4v) is 7.62. The van der Waals surface area contributed by atoms with Crippen molar-refractivity contribution in [1.29, 1.82) is 0 Å². The van der Waals surface area contributed by atoms with Gasteiger partial charge in [-0.15, -0.1) is 11.3 Å². The van der Waals surface area contributed by atoms with Crippen LogP contribution in [0.15, 0.2) is 152 Å². The Morgan fingerprint density at radius 2 is 0.978 bits per heavy atom. The van der Waals surface area contributed by atoms with Crippen LogP contribution in [0.4, 0.5) is 0 Å². The molecule has 0 bridgehead atoms. The molecule has 7 aromatic carbocycles. The van der Waals surface area contributed by atoms with Gasteiger partial charge in [0, 0.05) is 42.2 Å². The average molecular weight is 592 g/mol. The molecule has 0 aliphatic carbocycles. The second-order valence-electron chi connectivity index (χ2n) is 11.2. The highest BCUT2D eigenvalue weighted by Gasteiger charge is 2.17. The van der Waals surface area contributed by atoms with Crippen LogP contribution in [-0.4, -0.2) is 15.0 Å². The van der Waals surface area contributed by atoms with Crippen LogP contribution in [0.5, 0.6) is 0 Å². The van der Waals surface area contributed by atoms with Crippen LogP contribution >= 0.6 is 11.3 Å². The first-order valence-electron chi connectivity index (χ1n) is 15.0. The van der Waals surface area contributed by atoms with Crippen molar-refractivity contribution in [3.05, 3.63) is 152 Å². The van der Waals surface area contributed by atoms with Crippen LogP contribution in [-0.2, 0) is 0 Å². The summed E-state index contributed by atoms with van der Waals surface area (Å²) in [6, 6.07) is 53.2. The third-order valence-corrected chi connectivity index (χ3v) is 9.73. The summed E-state index contributed by atoms with van der Waals surface area (Å²) in [5.41, 5.74) is 5.11. The van der Waals surface area contributed by atoms with E-state index in [-0.39, 0.29) is 0 Å². The van der Waals surface area contributed by atoms with Gasteiger partial charge in [0.2, 0.25) is 0 Å². The summed E-state index contributed by atoms with van der Waals surface area (Å²) in [5, 5.41) is 7.52. The Labute approximate surface area is 264 Å². The molecule has 4 heteroatoms. The summed E-state index contributed by atoms with van der Waals surface area (Å²) in [4.78, 5) is 15.3. The normalized spacial score (nSPS) is 11.6. The van der Waals surface area contributed by atoms with Gasteiger partial charge in [-0.2, -0.15) is 0 Å². The molecule has 0 saturated carbocycles. The standard InChI is InChI=1S/C41H25N3S/c1-3-11-26(12-4-1)31-15-7-8-17-34(31)41-43-39(29-13-5-2-6-14-29)42-40(44-41)30-22-20-27-19-21-28-23-24-33-32-16-9-10-18-36(32)45-38(33)37(28)35(27)25-30/h1-25H. The predicted octanol–water partition coefficient (Wildman–Crippen LogP) is 11.2. The molecule has 0 aliphatic rings. The predicted molar refractivity (Wildman–Crippen MR) is 189 cm³/mol. The fourth-order valence-electron chi connectivity index (χ4n) is 6.35. The van der Waals surface area contributed by atoms with Crippen molar-refractivity contribution in [3.63, 3.8) is 0 Å². The molecule has 0 spiro atoms. The minimum absolute atomic E-state index is 0.656. The first-order chi connectivity index (χ1) is 22.3.